The highest BCUT2D eigenvalue weighted by Gasteiger charge is 2.16. The number of nitro benzene ring substituents is 1. The lowest BCUT2D eigenvalue weighted by Crippen LogP contribution is -2.13. The SMILES string of the molecule is CC.CCC(=O)c1cccc(NS(=O)(=O)c2ccc([N+](=O)[O-])cc2)c1. The van der Waals surface area contributed by atoms with Crippen molar-refractivity contribution < 1.29 is 18.1 Å². The van der Waals surface area contributed by atoms with Gasteiger partial charge in [-0.2, -0.15) is 0 Å². The zero-order valence-corrected chi connectivity index (χ0v) is 15.0. The van der Waals surface area contributed by atoms with Crippen LogP contribution in [0.4, 0.5) is 11.4 Å². The Kier molecular flexibility index (Phi) is 7.25. The van der Waals surface area contributed by atoms with Gasteiger partial charge in [-0.3, -0.25) is 19.6 Å². The summed E-state index contributed by atoms with van der Waals surface area (Å²) < 4.78 is 26.9. The van der Waals surface area contributed by atoms with Gasteiger partial charge in [-0.1, -0.05) is 32.9 Å². The van der Waals surface area contributed by atoms with Gasteiger partial charge < -0.3 is 0 Å². The van der Waals surface area contributed by atoms with Gasteiger partial charge in [0.15, 0.2) is 5.78 Å². The van der Waals surface area contributed by atoms with Gasteiger partial charge in [0.2, 0.25) is 0 Å². The van der Waals surface area contributed by atoms with Crippen LogP contribution >= 0.6 is 0 Å². The molecule has 2 aromatic carbocycles. The molecule has 0 amide bonds. The minimum atomic E-state index is -3.89. The van der Waals surface area contributed by atoms with Crippen molar-refractivity contribution in [3.63, 3.8) is 0 Å². The minimum Gasteiger partial charge on any atom is -0.294 e. The maximum Gasteiger partial charge on any atom is 0.269 e. The zero-order chi connectivity index (χ0) is 19.0. The molecule has 0 spiro atoms. The highest BCUT2D eigenvalue weighted by atomic mass is 32.2. The first-order valence-corrected chi connectivity index (χ1v) is 9.22. The van der Waals surface area contributed by atoms with Crippen LogP contribution in [-0.4, -0.2) is 19.1 Å². The fourth-order valence-electron chi connectivity index (χ4n) is 1.92. The molecule has 0 saturated carbocycles. The fraction of sp³-hybridized carbons (Fsp3) is 0.235. The van der Waals surface area contributed by atoms with E-state index in [9.17, 15) is 23.3 Å². The molecule has 0 saturated heterocycles. The van der Waals surface area contributed by atoms with Gasteiger partial charge in [-0.05, 0) is 24.3 Å². The number of carbonyl (C=O) groups excluding carboxylic acids is 1. The molecule has 0 aliphatic heterocycles. The smallest absolute Gasteiger partial charge is 0.269 e. The monoisotopic (exact) mass is 364 g/mol. The first-order chi connectivity index (χ1) is 11.8. The van der Waals surface area contributed by atoms with Crippen LogP contribution in [0.15, 0.2) is 53.4 Å². The maximum absolute atomic E-state index is 12.3. The first-order valence-electron chi connectivity index (χ1n) is 7.74. The molecule has 0 atom stereocenters. The predicted octanol–water partition coefficient (Wildman–Crippen LogP) is 4.01. The van der Waals surface area contributed by atoms with Gasteiger partial charge in [0.1, 0.15) is 0 Å². The van der Waals surface area contributed by atoms with E-state index < -0.39 is 14.9 Å². The Bertz CT molecular complexity index is 846. The molecular formula is C17H20N2O5S. The molecule has 2 rings (SSSR count). The second-order valence-electron chi connectivity index (χ2n) is 4.71. The van der Waals surface area contributed by atoms with E-state index in [1.54, 1.807) is 19.1 Å². The molecule has 0 bridgehead atoms. The van der Waals surface area contributed by atoms with Crippen molar-refractivity contribution in [3.8, 4) is 0 Å². The van der Waals surface area contributed by atoms with E-state index in [1.165, 1.54) is 12.1 Å². The summed E-state index contributed by atoms with van der Waals surface area (Å²) in [5.74, 6) is -0.0959. The zero-order valence-electron chi connectivity index (χ0n) is 14.2. The summed E-state index contributed by atoms with van der Waals surface area (Å²) in [4.78, 5) is 21.5. The van der Waals surface area contributed by atoms with Gasteiger partial charge in [0.25, 0.3) is 15.7 Å². The summed E-state index contributed by atoms with van der Waals surface area (Å²) in [5, 5.41) is 10.6. The molecule has 0 aliphatic rings. The largest absolute Gasteiger partial charge is 0.294 e. The highest BCUT2D eigenvalue weighted by molar-refractivity contribution is 7.92. The van der Waals surface area contributed by atoms with Gasteiger partial charge >= 0.3 is 0 Å². The third kappa shape index (κ3) is 5.39. The Labute approximate surface area is 146 Å². The van der Waals surface area contributed by atoms with Crippen LogP contribution in [0.3, 0.4) is 0 Å². The van der Waals surface area contributed by atoms with Crippen molar-refractivity contribution in [1.29, 1.82) is 0 Å². The Morgan fingerprint density at radius 2 is 1.72 bits per heavy atom. The first kappa shape index (κ1) is 20.3. The van der Waals surface area contributed by atoms with Gasteiger partial charge in [0, 0.05) is 29.8 Å². The molecule has 0 heterocycles. The van der Waals surface area contributed by atoms with Crippen LogP contribution in [-0.2, 0) is 10.0 Å². The number of nitrogens with zero attached hydrogens (tertiary/aromatic N) is 1. The molecule has 1 N–H and O–H groups in total. The number of ketones is 1. The summed E-state index contributed by atoms with van der Waals surface area (Å²) in [7, 11) is -3.89. The Balaban J connectivity index is 0.00000151. The number of Topliss-reactive ketones (excluding diaryl/α,β-unsaturated/α-hetero) is 1. The third-order valence-corrected chi connectivity index (χ3v) is 4.51. The fourth-order valence-corrected chi connectivity index (χ4v) is 2.97. The molecule has 7 nitrogen and oxygen atoms in total. The Hall–Kier alpha value is -2.74. The van der Waals surface area contributed by atoms with Crippen LogP contribution in [0.1, 0.15) is 37.6 Å². The van der Waals surface area contributed by atoms with Crippen LogP contribution in [0.25, 0.3) is 0 Å². The number of hydrogen-bond acceptors (Lipinski definition) is 5. The van der Waals surface area contributed by atoms with Gasteiger partial charge in [-0.15, -0.1) is 0 Å². The second kappa shape index (κ2) is 8.93. The highest BCUT2D eigenvalue weighted by Crippen LogP contribution is 2.20. The molecule has 8 heteroatoms. The molecule has 0 unspecified atom stereocenters. The van der Waals surface area contributed by atoms with E-state index in [4.69, 9.17) is 0 Å². The molecule has 25 heavy (non-hydrogen) atoms. The summed E-state index contributed by atoms with van der Waals surface area (Å²) in [6.07, 6.45) is 0.318. The number of anilines is 1. The summed E-state index contributed by atoms with van der Waals surface area (Å²) in [6, 6.07) is 10.7. The van der Waals surface area contributed by atoms with Crippen molar-refractivity contribution in [2.45, 2.75) is 32.1 Å². The summed E-state index contributed by atoms with van der Waals surface area (Å²) >= 11 is 0. The number of nitro groups is 1. The number of sulfonamides is 1. The van der Waals surface area contributed by atoms with E-state index in [1.807, 2.05) is 13.8 Å². The number of benzene rings is 2. The van der Waals surface area contributed by atoms with E-state index >= 15 is 0 Å². The van der Waals surface area contributed by atoms with Crippen molar-refractivity contribution >= 4 is 27.2 Å². The van der Waals surface area contributed by atoms with E-state index in [0.717, 1.165) is 24.3 Å². The Morgan fingerprint density at radius 3 is 2.24 bits per heavy atom. The van der Waals surface area contributed by atoms with Crippen molar-refractivity contribution in [1.82, 2.24) is 0 Å². The molecule has 0 fully saturated rings. The number of carbonyl (C=O) groups is 1. The number of nitrogens with one attached hydrogen (secondary N) is 1. The molecule has 134 valence electrons. The number of rotatable bonds is 6. The Morgan fingerprint density at radius 1 is 1.12 bits per heavy atom. The van der Waals surface area contributed by atoms with E-state index in [-0.39, 0.29) is 22.1 Å². The molecular weight excluding hydrogens is 344 g/mol. The van der Waals surface area contributed by atoms with Crippen LogP contribution in [0.2, 0.25) is 0 Å². The van der Waals surface area contributed by atoms with Crippen LogP contribution in [0, 0.1) is 10.1 Å². The average Bonchev–Trinajstić information content (AvgIpc) is 2.62. The quantitative estimate of drug-likeness (QED) is 0.473. The summed E-state index contributed by atoms with van der Waals surface area (Å²) in [6.45, 7) is 5.72. The van der Waals surface area contributed by atoms with Crippen LogP contribution < -0.4 is 4.72 Å². The lowest BCUT2D eigenvalue weighted by molar-refractivity contribution is -0.384. The van der Waals surface area contributed by atoms with Gasteiger partial charge in [0.05, 0.1) is 9.82 Å². The maximum atomic E-state index is 12.3. The second-order valence-corrected chi connectivity index (χ2v) is 6.40. The number of non-ortho nitro benzene ring substituents is 1. The van der Waals surface area contributed by atoms with E-state index in [0.29, 0.717) is 12.0 Å². The van der Waals surface area contributed by atoms with Crippen molar-refractivity contribution in [3.05, 3.63) is 64.2 Å². The molecule has 0 aromatic heterocycles. The van der Waals surface area contributed by atoms with Crippen LogP contribution in [0.5, 0.6) is 0 Å². The minimum absolute atomic E-state index is 0.0959. The summed E-state index contributed by atoms with van der Waals surface area (Å²) in [5.41, 5.74) is 0.471. The molecule has 2 aromatic rings. The lowest BCUT2D eigenvalue weighted by Gasteiger charge is -2.09. The normalized spacial score (nSPS) is 10.4. The third-order valence-electron chi connectivity index (χ3n) is 3.12. The predicted molar refractivity (Wildman–Crippen MR) is 96.3 cm³/mol. The topological polar surface area (TPSA) is 106 Å². The molecule has 0 radical (unpaired) electrons. The van der Waals surface area contributed by atoms with E-state index in [2.05, 4.69) is 4.72 Å². The van der Waals surface area contributed by atoms with Crippen molar-refractivity contribution in [2.75, 3.05) is 4.72 Å². The van der Waals surface area contributed by atoms with Crippen molar-refractivity contribution in [2.24, 2.45) is 0 Å². The number of hydrogen-bond donors (Lipinski definition) is 1. The lowest BCUT2D eigenvalue weighted by atomic mass is 10.1. The molecule has 0 aliphatic carbocycles. The average molecular weight is 364 g/mol. The standard InChI is InChI=1S/C15H14N2O5S.C2H6/c1-2-15(18)11-4-3-5-12(10-11)16-23(21,22)14-8-6-13(7-9-14)17(19)20;1-2/h3-10,16H,2H2,1H3;1-2H3. The van der Waals surface area contributed by atoms with Gasteiger partial charge in [-0.25, -0.2) is 8.42 Å².